The molecule has 2 N–H and O–H groups in total. The minimum absolute atomic E-state index is 0.0941. The van der Waals surface area contributed by atoms with Crippen LogP contribution in [0, 0.1) is 0 Å². The molecule has 0 aliphatic carbocycles. The summed E-state index contributed by atoms with van der Waals surface area (Å²) in [5.74, 6) is 0.0242. The third-order valence-electron chi connectivity index (χ3n) is 3.96. The van der Waals surface area contributed by atoms with Crippen LogP contribution in [0.25, 0.3) is 0 Å². The predicted molar refractivity (Wildman–Crippen MR) is 89.1 cm³/mol. The maximum Gasteiger partial charge on any atom is 0.324 e. The zero-order valence-electron chi connectivity index (χ0n) is 14.0. The van der Waals surface area contributed by atoms with Gasteiger partial charge in [0.2, 0.25) is 10.0 Å². The van der Waals surface area contributed by atoms with Crippen molar-refractivity contribution in [1.29, 1.82) is 0 Å². The Hall–Kier alpha value is -1.64. The molecule has 0 spiro atoms. The van der Waals surface area contributed by atoms with Gasteiger partial charge in [0.15, 0.2) is 0 Å². The highest BCUT2D eigenvalue weighted by Gasteiger charge is 2.43. The molecule has 0 amide bonds. The van der Waals surface area contributed by atoms with Crippen LogP contribution in [-0.2, 0) is 19.6 Å². The standard InChI is InChI=1S/C16H24N2O5S/c1-3-4-9-23-13-5-7-14(8-6-13)24(20,21)18-11-12(17)10-15(18)16(19)22-2/h5-8,12,15H,3-4,9-11,17H2,1-2H3/t12-,15+/m0/s1. The number of hydrogen-bond donors (Lipinski definition) is 1. The second-order valence-electron chi connectivity index (χ2n) is 5.78. The van der Waals surface area contributed by atoms with E-state index in [2.05, 4.69) is 6.92 Å². The first-order chi connectivity index (χ1) is 11.4. The Morgan fingerprint density at radius 3 is 2.58 bits per heavy atom. The van der Waals surface area contributed by atoms with Crippen molar-refractivity contribution in [2.24, 2.45) is 5.73 Å². The third-order valence-corrected chi connectivity index (χ3v) is 5.85. The van der Waals surface area contributed by atoms with Crippen molar-refractivity contribution in [2.75, 3.05) is 20.3 Å². The number of sulfonamides is 1. The second-order valence-corrected chi connectivity index (χ2v) is 7.67. The Morgan fingerprint density at radius 1 is 1.33 bits per heavy atom. The normalized spacial score (nSPS) is 21.6. The number of unbranched alkanes of at least 4 members (excludes halogenated alkanes) is 1. The van der Waals surface area contributed by atoms with Crippen molar-refractivity contribution in [2.45, 2.75) is 43.2 Å². The van der Waals surface area contributed by atoms with Gasteiger partial charge in [0.1, 0.15) is 11.8 Å². The second kappa shape index (κ2) is 7.96. The van der Waals surface area contributed by atoms with E-state index >= 15 is 0 Å². The number of carbonyl (C=O) groups is 1. The molecule has 24 heavy (non-hydrogen) atoms. The highest BCUT2D eigenvalue weighted by atomic mass is 32.2. The molecule has 0 radical (unpaired) electrons. The van der Waals surface area contributed by atoms with Crippen molar-refractivity contribution < 1.29 is 22.7 Å². The number of carbonyl (C=O) groups excluding carboxylic acids is 1. The maximum atomic E-state index is 12.8. The molecule has 1 aromatic carbocycles. The Balaban J connectivity index is 2.18. The monoisotopic (exact) mass is 356 g/mol. The molecule has 0 bridgehead atoms. The topological polar surface area (TPSA) is 98.9 Å². The Morgan fingerprint density at radius 2 is 2.00 bits per heavy atom. The predicted octanol–water partition coefficient (Wildman–Crippen LogP) is 1.13. The van der Waals surface area contributed by atoms with Crippen LogP contribution in [0.4, 0.5) is 0 Å². The summed E-state index contributed by atoms with van der Waals surface area (Å²) >= 11 is 0. The molecule has 1 aromatic rings. The molecule has 1 aliphatic rings. The fourth-order valence-corrected chi connectivity index (χ4v) is 4.28. The van der Waals surface area contributed by atoms with E-state index < -0.39 is 22.0 Å². The van der Waals surface area contributed by atoms with E-state index in [9.17, 15) is 13.2 Å². The van der Waals surface area contributed by atoms with E-state index in [1.807, 2.05) is 0 Å². The fraction of sp³-hybridized carbons (Fsp3) is 0.562. The molecule has 0 aromatic heterocycles. The lowest BCUT2D eigenvalue weighted by Crippen LogP contribution is -2.41. The molecule has 1 saturated heterocycles. The Kier molecular flexibility index (Phi) is 6.20. The van der Waals surface area contributed by atoms with E-state index in [0.29, 0.717) is 12.4 Å². The maximum absolute atomic E-state index is 12.8. The van der Waals surface area contributed by atoms with Gasteiger partial charge in [0, 0.05) is 12.6 Å². The van der Waals surface area contributed by atoms with Crippen LogP contribution in [0.5, 0.6) is 5.75 Å². The first-order valence-electron chi connectivity index (χ1n) is 7.98. The number of rotatable bonds is 7. The van der Waals surface area contributed by atoms with E-state index in [1.54, 1.807) is 12.1 Å². The van der Waals surface area contributed by atoms with Gasteiger partial charge in [0.05, 0.1) is 18.6 Å². The molecule has 0 unspecified atom stereocenters. The van der Waals surface area contributed by atoms with Crippen LogP contribution in [-0.4, -0.2) is 51.0 Å². The minimum Gasteiger partial charge on any atom is -0.494 e. The zero-order chi connectivity index (χ0) is 17.7. The van der Waals surface area contributed by atoms with Gasteiger partial charge in [-0.25, -0.2) is 8.42 Å². The Labute approximate surface area is 142 Å². The number of esters is 1. The third kappa shape index (κ3) is 4.06. The quantitative estimate of drug-likeness (QED) is 0.581. The average Bonchev–Trinajstić information content (AvgIpc) is 2.97. The lowest BCUT2D eigenvalue weighted by atomic mass is 10.2. The van der Waals surface area contributed by atoms with Gasteiger partial charge >= 0.3 is 5.97 Å². The van der Waals surface area contributed by atoms with Gasteiger partial charge in [-0.2, -0.15) is 4.31 Å². The molecule has 1 heterocycles. The zero-order valence-corrected chi connectivity index (χ0v) is 14.8. The van der Waals surface area contributed by atoms with Crippen LogP contribution in [0.2, 0.25) is 0 Å². The summed E-state index contributed by atoms with van der Waals surface area (Å²) in [5, 5.41) is 0. The summed E-state index contributed by atoms with van der Waals surface area (Å²) in [6.07, 6.45) is 2.22. The van der Waals surface area contributed by atoms with Crippen molar-refractivity contribution in [1.82, 2.24) is 4.31 Å². The Bertz CT molecular complexity index is 660. The van der Waals surface area contributed by atoms with E-state index in [-0.39, 0.29) is 23.9 Å². The summed E-state index contributed by atoms with van der Waals surface area (Å²) in [5.41, 5.74) is 5.84. The molecular weight excluding hydrogens is 332 g/mol. The van der Waals surface area contributed by atoms with Crippen molar-refractivity contribution >= 4 is 16.0 Å². The van der Waals surface area contributed by atoms with Gasteiger partial charge in [-0.1, -0.05) is 13.3 Å². The minimum atomic E-state index is -3.82. The number of methoxy groups -OCH3 is 1. The van der Waals surface area contributed by atoms with Crippen molar-refractivity contribution in [3.8, 4) is 5.75 Å². The van der Waals surface area contributed by atoms with E-state index in [0.717, 1.165) is 17.1 Å². The van der Waals surface area contributed by atoms with Gasteiger partial charge in [-0.3, -0.25) is 4.79 Å². The molecule has 8 heteroatoms. The van der Waals surface area contributed by atoms with Gasteiger partial charge < -0.3 is 15.2 Å². The van der Waals surface area contributed by atoms with Crippen LogP contribution < -0.4 is 10.5 Å². The molecule has 7 nitrogen and oxygen atoms in total. The summed E-state index contributed by atoms with van der Waals surface area (Å²) in [7, 11) is -2.59. The van der Waals surface area contributed by atoms with Gasteiger partial charge in [0.25, 0.3) is 0 Å². The number of nitrogens with two attached hydrogens (primary N) is 1. The number of nitrogens with zero attached hydrogens (tertiary/aromatic N) is 1. The molecule has 2 rings (SSSR count). The number of ether oxygens (including phenoxy) is 2. The van der Waals surface area contributed by atoms with Crippen LogP contribution >= 0.6 is 0 Å². The fourth-order valence-electron chi connectivity index (χ4n) is 2.63. The molecule has 1 aliphatic heterocycles. The lowest BCUT2D eigenvalue weighted by Gasteiger charge is -2.22. The van der Waals surface area contributed by atoms with E-state index in [1.165, 1.54) is 19.2 Å². The SMILES string of the molecule is CCCCOc1ccc(S(=O)(=O)N2C[C@@H](N)C[C@@H]2C(=O)OC)cc1. The largest absolute Gasteiger partial charge is 0.494 e. The molecule has 1 fully saturated rings. The molecule has 0 saturated carbocycles. The van der Waals surface area contributed by atoms with Crippen LogP contribution in [0.15, 0.2) is 29.2 Å². The number of hydrogen-bond acceptors (Lipinski definition) is 6. The molecule has 2 atom stereocenters. The average molecular weight is 356 g/mol. The summed E-state index contributed by atoms with van der Waals surface area (Å²) < 4.78 is 37.0. The highest BCUT2D eigenvalue weighted by molar-refractivity contribution is 7.89. The van der Waals surface area contributed by atoms with Crippen LogP contribution in [0.1, 0.15) is 26.2 Å². The van der Waals surface area contributed by atoms with Gasteiger partial charge in [-0.05, 0) is 37.1 Å². The lowest BCUT2D eigenvalue weighted by molar-refractivity contribution is -0.144. The number of benzene rings is 1. The first-order valence-corrected chi connectivity index (χ1v) is 9.42. The molecule has 134 valence electrons. The van der Waals surface area contributed by atoms with Gasteiger partial charge in [-0.15, -0.1) is 0 Å². The smallest absolute Gasteiger partial charge is 0.324 e. The van der Waals surface area contributed by atoms with E-state index in [4.69, 9.17) is 15.2 Å². The summed E-state index contributed by atoms with van der Waals surface area (Å²) in [6, 6.07) is 4.93. The summed E-state index contributed by atoms with van der Waals surface area (Å²) in [6.45, 7) is 2.75. The highest BCUT2D eigenvalue weighted by Crippen LogP contribution is 2.27. The van der Waals surface area contributed by atoms with Crippen molar-refractivity contribution in [3.63, 3.8) is 0 Å². The first kappa shape index (κ1) is 18.7. The van der Waals surface area contributed by atoms with Crippen LogP contribution in [0.3, 0.4) is 0 Å². The van der Waals surface area contributed by atoms with Crippen molar-refractivity contribution in [3.05, 3.63) is 24.3 Å². The summed E-state index contributed by atoms with van der Waals surface area (Å²) in [4.78, 5) is 11.9. The molecular formula is C16H24N2O5S.